The van der Waals surface area contributed by atoms with E-state index in [4.69, 9.17) is 9.47 Å². The number of rotatable bonds is 7. The number of carboxylic acids is 1. The van der Waals surface area contributed by atoms with Gasteiger partial charge in [0.2, 0.25) is 0 Å². The number of aliphatic hydroxyl groups is 2. The molecule has 0 heterocycles. The van der Waals surface area contributed by atoms with Crippen LogP contribution in [0.15, 0.2) is 22.8 Å². The van der Waals surface area contributed by atoms with Crippen molar-refractivity contribution in [3.05, 3.63) is 22.8 Å². The Bertz CT molecular complexity index is 1140. The maximum Gasteiger partial charge on any atom is 0.309 e. The maximum atomic E-state index is 13.1. The molecule has 0 spiro atoms. The van der Waals surface area contributed by atoms with E-state index in [2.05, 4.69) is 40.7 Å². The molecule has 8 rings (SSSR count). The highest BCUT2D eigenvalue weighted by Gasteiger charge is 2.73. The fourth-order valence-corrected chi connectivity index (χ4v) is 11.3. The second-order valence-electron chi connectivity index (χ2n) is 15.2. The van der Waals surface area contributed by atoms with Gasteiger partial charge in [-0.15, -0.1) is 0 Å². The van der Waals surface area contributed by atoms with Crippen molar-refractivity contribution >= 4 is 11.9 Å². The number of aliphatic carboxylic acids is 1. The van der Waals surface area contributed by atoms with E-state index in [-0.39, 0.29) is 40.5 Å². The summed E-state index contributed by atoms with van der Waals surface area (Å²) < 4.78 is 11.9. The lowest BCUT2D eigenvalue weighted by Gasteiger charge is -2.69. The first-order chi connectivity index (χ1) is 19.1. The predicted molar refractivity (Wildman–Crippen MR) is 156 cm³/mol. The summed E-state index contributed by atoms with van der Waals surface area (Å²) in [6.45, 7) is 12.8. The SMILES string of the molecule is COCC1C[C@@]2(O)CC[C@@]3(C)C(CC[C@]4(C)C3[C@H](O)C[C@@H]3C(=C1CCC=C(C)C)[C@@H](OC(C)=O)C[C@@]34C)[C@@H]2C(=O)O. The fraction of sp³-hybridized carbons (Fsp3) is 0.824. The van der Waals surface area contributed by atoms with Gasteiger partial charge in [0.25, 0.3) is 0 Å². The van der Waals surface area contributed by atoms with E-state index >= 15 is 0 Å². The van der Waals surface area contributed by atoms with Crippen molar-refractivity contribution in [3.63, 3.8) is 0 Å². The standard InChI is InChI=1S/C34H52O7/c1-19(2)9-8-10-22-21(18-40-7)16-34(39)14-13-31(4)23(28(34)30(37)38)11-12-32(5)29(31)25(36)15-24-27(22)26(41-20(3)35)17-33(24,32)6/h9,21,23-26,28-29,36,39H,8,10-18H2,1-7H3,(H,37,38)/t21?,23?,24-,25-,26+,28-,29?,31+,32-,33+,34+/m1/s1. The van der Waals surface area contributed by atoms with E-state index in [9.17, 15) is 24.9 Å². The quantitative estimate of drug-likeness (QED) is 0.266. The zero-order valence-corrected chi connectivity index (χ0v) is 26.2. The maximum absolute atomic E-state index is 13.1. The molecule has 3 N–H and O–H groups in total. The highest BCUT2D eigenvalue weighted by atomic mass is 16.5. The van der Waals surface area contributed by atoms with Crippen LogP contribution in [0.1, 0.15) is 99.3 Å². The van der Waals surface area contributed by atoms with Crippen LogP contribution in [-0.2, 0) is 19.1 Å². The molecule has 0 saturated heterocycles. The number of methoxy groups -OCH3 is 1. The number of ether oxygens (including phenoxy) is 2. The third-order valence-electron chi connectivity index (χ3n) is 12.9. The third-order valence-corrected chi connectivity index (χ3v) is 12.9. The fourth-order valence-electron chi connectivity index (χ4n) is 11.3. The molecule has 41 heavy (non-hydrogen) atoms. The summed E-state index contributed by atoms with van der Waals surface area (Å²) in [5, 5.41) is 35.3. The van der Waals surface area contributed by atoms with E-state index in [0.29, 0.717) is 51.6 Å². The van der Waals surface area contributed by atoms with Gasteiger partial charge in [0.1, 0.15) is 6.10 Å². The van der Waals surface area contributed by atoms with Crippen molar-refractivity contribution in [1.82, 2.24) is 0 Å². The Hall–Kier alpha value is -1.70. The Morgan fingerprint density at radius 3 is 2.37 bits per heavy atom. The van der Waals surface area contributed by atoms with Gasteiger partial charge in [0.15, 0.2) is 0 Å². The van der Waals surface area contributed by atoms with Crippen molar-refractivity contribution in [3.8, 4) is 0 Å². The Morgan fingerprint density at radius 1 is 1.05 bits per heavy atom. The molecule has 0 amide bonds. The lowest BCUT2D eigenvalue weighted by atomic mass is 9.35. The minimum absolute atomic E-state index is 0.0344. The molecule has 0 aromatic carbocycles. The summed E-state index contributed by atoms with van der Waals surface area (Å²) in [5.41, 5.74) is 1.13. The van der Waals surface area contributed by atoms with E-state index in [1.54, 1.807) is 7.11 Å². The molecule has 4 fully saturated rings. The van der Waals surface area contributed by atoms with Crippen LogP contribution in [0, 0.1) is 45.8 Å². The summed E-state index contributed by atoms with van der Waals surface area (Å²) in [4.78, 5) is 25.6. The molecule has 8 aliphatic carbocycles. The molecule has 4 saturated carbocycles. The van der Waals surface area contributed by atoms with Gasteiger partial charge in [-0.25, -0.2) is 0 Å². The molecule has 3 unspecified atom stereocenters. The lowest BCUT2D eigenvalue weighted by Crippen LogP contribution is -2.68. The Balaban J connectivity index is 1.82. The van der Waals surface area contributed by atoms with Crippen molar-refractivity contribution in [1.29, 1.82) is 0 Å². The first-order valence-electron chi connectivity index (χ1n) is 15.8. The van der Waals surface area contributed by atoms with Gasteiger partial charge in [-0.05, 0) is 111 Å². The van der Waals surface area contributed by atoms with Gasteiger partial charge in [0, 0.05) is 20.0 Å². The number of hydrogen-bond donors (Lipinski definition) is 3. The van der Waals surface area contributed by atoms with E-state index in [1.165, 1.54) is 12.5 Å². The van der Waals surface area contributed by atoms with E-state index < -0.39 is 35.1 Å². The largest absolute Gasteiger partial charge is 0.481 e. The highest BCUT2D eigenvalue weighted by Crippen LogP contribution is 2.75. The number of carbonyl (C=O) groups excluding carboxylic acids is 1. The minimum Gasteiger partial charge on any atom is -0.481 e. The molecular weight excluding hydrogens is 520 g/mol. The van der Waals surface area contributed by atoms with Gasteiger partial charge in [-0.3, -0.25) is 9.59 Å². The summed E-state index contributed by atoms with van der Waals surface area (Å²) in [6, 6.07) is 0. The molecule has 0 radical (unpaired) electrons. The monoisotopic (exact) mass is 572 g/mol. The zero-order valence-electron chi connectivity index (χ0n) is 26.2. The lowest BCUT2D eigenvalue weighted by molar-refractivity contribution is -0.252. The van der Waals surface area contributed by atoms with Crippen LogP contribution in [-0.4, -0.2) is 58.8 Å². The first kappa shape index (κ1) is 30.7. The average Bonchev–Trinajstić information content (AvgIpc) is 3.13. The number of carboxylic acid groups (broad SMARTS) is 1. The van der Waals surface area contributed by atoms with Gasteiger partial charge < -0.3 is 24.8 Å². The van der Waals surface area contributed by atoms with Crippen LogP contribution in [0.4, 0.5) is 0 Å². The molecule has 7 nitrogen and oxygen atoms in total. The average molecular weight is 573 g/mol. The minimum atomic E-state index is -1.39. The Labute approximate surface area is 245 Å². The van der Waals surface area contributed by atoms with Gasteiger partial charge in [0.05, 0.1) is 24.2 Å². The predicted octanol–water partition coefficient (Wildman–Crippen LogP) is 5.68. The van der Waals surface area contributed by atoms with E-state index in [1.807, 2.05) is 0 Å². The summed E-state index contributed by atoms with van der Waals surface area (Å²) in [5.74, 6) is -2.67. The molecule has 11 atom stereocenters. The van der Waals surface area contributed by atoms with Gasteiger partial charge in [-0.1, -0.05) is 38.0 Å². The zero-order chi connectivity index (χ0) is 30.1. The van der Waals surface area contributed by atoms with Gasteiger partial charge in [-0.2, -0.15) is 0 Å². The first-order valence-corrected chi connectivity index (χ1v) is 15.8. The number of aliphatic hydroxyl groups excluding tert-OH is 1. The number of allylic oxidation sites excluding steroid dienone is 2. The van der Waals surface area contributed by atoms with Crippen LogP contribution in [0.5, 0.6) is 0 Å². The van der Waals surface area contributed by atoms with Crippen molar-refractivity contribution in [2.24, 2.45) is 45.8 Å². The summed E-state index contributed by atoms with van der Waals surface area (Å²) >= 11 is 0. The summed E-state index contributed by atoms with van der Waals surface area (Å²) in [6.07, 6.45) is 6.87. The second-order valence-corrected chi connectivity index (χ2v) is 15.2. The van der Waals surface area contributed by atoms with Crippen molar-refractivity contribution < 1.29 is 34.4 Å². The van der Waals surface area contributed by atoms with Crippen molar-refractivity contribution in [2.45, 2.75) is 117 Å². The highest BCUT2D eigenvalue weighted by molar-refractivity contribution is 5.72. The number of fused-ring (bicyclic) bond motifs is 2. The smallest absolute Gasteiger partial charge is 0.309 e. The van der Waals surface area contributed by atoms with Crippen molar-refractivity contribution in [2.75, 3.05) is 13.7 Å². The number of hydrogen-bond acceptors (Lipinski definition) is 6. The van der Waals surface area contributed by atoms with Crippen LogP contribution in [0.3, 0.4) is 0 Å². The van der Waals surface area contributed by atoms with E-state index in [0.717, 1.165) is 24.0 Å². The number of carbonyl (C=O) groups is 2. The topological polar surface area (TPSA) is 113 Å². The van der Waals surface area contributed by atoms with Crippen LogP contribution >= 0.6 is 0 Å². The van der Waals surface area contributed by atoms with Crippen LogP contribution in [0.2, 0.25) is 0 Å². The Kier molecular flexibility index (Phi) is 7.86. The molecule has 8 bridgehead atoms. The summed E-state index contributed by atoms with van der Waals surface area (Å²) in [7, 11) is 1.66. The number of esters is 1. The molecule has 0 aliphatic heterocycles. The molecule has 0 aromatic heterocycles. The normalized spacial score (nSPS) is 46.7. The molecule has 7 heteroatoms. The molecule has 230 valence electrons. The van der Waals surface area contributed by atoms with Crippen LogP contribution in [0.25, 0.3) is 0 Å². The molecular formula is C34H52O7. The third kappa shape index (κ3) is 4.55. The molecule has 8 aliphatic rings. The van der Waals surface area contributed by atoms with Crippen LogP contribution < -0.4 is 0 Å². The van der Waals surface area contributed by atoms with Gasteiger partial charge >= 0.3 is 11.9 Å². The Morgan fingerprint density at radius 2 is 1.76 bits per heavy atom. The second kappa shape index (κ2) is 10.5. The molecule has 0 aromatic rings.